The Kier molecular flexibility index (Phi) is 5.58. The molecule has 0 spiro atoms. The van der Waals surface area contributed by atoms with Crippen LogP contribution in [0.3, 0.4) is 0 Å². The summed E-state index contributed by atoms with van der Waals surface area (Å²) < 4.78 is 32.0. The predicted molar refractivity (Wildman–Crippen MR) is 92.7 cm³/mol. The third-order valence-corrected chi connectivity index (χ3v) is 4.96. The van der Waals surface area contributed by atoms with Crippen molar-refractivity contribution in [2.45, 2.75) is 18.7 Å². The molecule has 128 valence electrons. The van der Waals surface area contributed by atoms with Gasteiger partial charge in [0.1, 0.15) is 5.75 Å². The third kappa shape index (κ3) is 4.56. The molecule has 0 heterocycles. The molecule has 1 amide bonds. The van der Waals surface area contributed by atoms with Crippen LogP contribution >= 0.6 is 0 Å². The van der Waals surface area contributed by atoms with E-state index in [-0.39, 0.29) is 11.4 Å². The Morgan fingerprint density at radius 3 is 2.54 bits per heavy atom. The van der Waals surface area contributed by atoms with Crippen molar-refractivity contribution in [3.05, 3.63) is 53.6 Å². The minimum absolute atomic E-state index is 0.169. The van der Waals surface area contributed by atoms with Crippen LogP contribution in [0.1, 0.15) is 11.1 Å². The molecule has 0 atom stereocenters. The molecule has 0 aliphatic rings. The van der Waals surface area contributed by atoms with Crippen molar-refractivity contribution in [2.75, 3.05) is 19.0 Å². The second-order valence-corrected chi connectivity index (χ2v) is 7.11. The number of rotatable bonds is 6. The minimum atomic E-state index is -3.74. The second kappa shape index (κ2) is 7.46. The lowest BCUT2D eigenvalue weighted by molar-refractivity contribution is -0.115. The van der Waals surface area contributed by atoms with Crippen LogP contribution in [-0.4, -0.2) is 28.0 Å². The molecular formula is C17H20N2O4S. The molecular weight excluding hydrogens is 328 g/mol. The van der Waals surface area contributed by atoms with Gasteiger partial charge in [-0.3, -0.25) is 4.79 Å². The van der Waals surface area contributed by atoms with Crippen molar-refractivity contribution in [2.24, 2.45) is 0 Å². The highest BCUT2D eigenvalue weighted by Gasteiger charge is 2.17. The molecule has 2 N–H and O–H groups in total. The van der Waals surface area contributed by atoms with Crippen LogP contribution in [-0.2, 0) is 14.8 Å². The molecule has 0 aliphatic carbocycles. The van der Waals surface area contributed by atoms with Gasteiger partial charge in [0.15, 0.2) is 0 Å². The molecule has 0 bridgehead atoms. The molecule has 0 fully saturated rings. The fourth-order valence-corrected chi connectivity index (χ4v) is 3.45. The van der Waals surface area contributed by atoms with E-state index >= 15 is 0 Å². The van der Waals surface area contributed by atoms with Crippen molar-refractivity contribution in [3.63, 3.8) is 0 Å². The number of nitrogens with one attached hydrogen (secondary N) is 2. The number of hydrogen-bond acceptors (Lipinski definition) is 4. The number of benzene rings is 2. The molecule has 0 unspecified atom stereocenters. The van der Waals surface area contributed by atoms with Crippen LogP contribution in [0.2, 0.25) is 0 Å². The Balaban J connectivity index is 2.02. The topological polar surface area (TPSA) is 84.5 Å². The Bertz CT molecular complexity index is 847. The molecule has 0 saturated carbocycles. The van der Waals surface area contributed by atoms with Crippen LogP contribution in [0.5, 0.6) is 5.75 Å². The number of carbonyl (C=O) groups is 1. The molecule has 0 radical (unpaired) electrons. The summed E-state index contributed by atoms with van der Waals surface area (Å²) >= 11 is 0. The fraction of sp³-hybridized carbons (Fsp3) is 0.235. The number of aryl methyl sites for hydroxylation is 2. The maximum Gasteiger partial charge on any atom is 0.241 e. The Labute approximate surface area is 141 Å². The van der Waals surface area contributed by atoms with E-state index in [1.165, 1.54) is 13.2 Å². The molecule has 2 aromatic carbocycles. The zero-order valence-corrected chi connectivity index (χ0v) is 14.6. The first-order chi connectivity index (χ1) is 11.3. The Hall–Kier alpha value is -2.38. The number of ether oxygens (including phenoxy) is 1. The van der Waals surface area contributed by atoms with Gasteiger partial charge in [0.2, 0.25) is 15.9 Å². The fourth-order valence-electron chi connectivity index (χ4n) is 2.25. The molecule has 0 aromatic heterocycles. The van der Waals surface area contributed by atoms with Gasteiger partial charge in [-0.05, 0) is 37.6 Å². The van der Waals surface area contributed by atoms with Crippen LogP contribution in [0.15, 0.2) is 47.4 Å². The summed E-state index contributed by atoms with van der Waals surface area (Å²) in [6, 6.07) is 11.9. The predicted octanol–water partition coefficient (Wildman–Crippen LogP) is 2.23. The molecule has 0 aliphatic heterocycles. The number of carbonyl (C=O) groups excluding carboxylic acids is 1. The van der Waals surface area contributed by atoms with Gasteiger partial charge in [-0.15, -0.1) is 0 Å². The molecule has 2 aromatic rings. The average molecular weight is 348 g/mol. The van der Waals surface area contributed by atoms with Crippen LogP contribution in [0.25, 0.3) is 0 Å². The number of amides is 1. The average Bonchev–Trinajstić information content (AvgIpc) is 2.53. The van der Waals surface area contributed by atoms with E-state index in [1.807, 2.05) is 6.92 Å². The van der Waals surface area contributed by atoms with Gasteiger partial charge >= 0.3 is 0 Å². The zero-order valence-electron chi connectivity index (χ0n) is 13.8. The Morgan fingerprint density at radius 1 is 1.12 bits per heavy atom. The van der Waals surface area contributed by atoms with Crippen molar-refractivity contribution >= 4 is 21.6 Å². The van der Waals surface area contributed by atoms with E-state index in [4.69, 9.17) is 4.74 Å². The third-order valence-electron chi connectivity index (χ3n) is 3.40. The second-order valence-electron chi connectivity index (χ2n) is 5.37. The van der Waals surface area contributed by atoms with Gasteiger partial charge in [-0.2, -0.15) is 0 Å². The molecule has 24 heavy (non-hydrogen) atoms. The lowest BCUT2D eigenvalue weighted by Crippen LogP contribution is -2.33. The highest BCUT2D eigenvalue weighted by Crippen LogP contribution is 2.17. The van der Waals surface area contributed by atoms with Gasteiger partial charge in [0.25, 0.3) is 0 Å². The smallest absolute Gasteiger partial charge is 0.241 e. The van der Waals surface area contributed by atoms with Gasteiger partial charge < -0.3 is 10.1 Å². The summed E-state index contributed by atoms with van der Waals surface area (Å²) in [4.78, 5) is 12.1. The van der Waals surface area contributed by atoms with E-state index in [0.29, 0.717) is 17.0 Å². The maximum absolute atomic E-state index is 12.3. The normalized spacial score (nSPS) is 11.1. The first-order valence-electron chi connectivity index (χ1n) is 7.32. The van der Waals surface area contributed by atoms with E-state index in [1.54, 1.807) is 43.3 Å². The van der Waals surface area contributed by atoms with Crippen LogP contribution in [0, 0.1) is 13.8 Å². The molecule has 6 nitrogen and oxygen atoms in total. The summed E-state index contributed by atoms with van der Waals surface area (Å²) in [5.41, 5.74) is 2.14. The summed E-state index contributed by atoms with van der Waals surface area (Å²) in [6.07, 6.45) is 0. The standard InChI is InChI=1S/C17H20N2O4S/c1-12-7-8-16(13(2)9-12)24(21,22)18-11-17(20)19-14-5-4-6-15(10-14)23-3/h4-10,18H,11H2,1-3H3,(H,19,20). The lowest BCUT2D eigenvalue weighted by atomic mass is 10.2. The van der Waals surface area contributed by atoms with Gasteiger partial charge in [-0.25, -0.2) is 13.1 Å². The monoisotopic (exact) mass is 348 g/mol. The summed E-state index contributed by atoms with van der Waals surface area (Å²) in [6.45, 7) is 3.25. The first kappa shape index (κ1) is 18.0. The zero-order chi connectivity index (χ0) is 17.7. The molecule has 0 saturated heterocycles. The minimum Gasteiger partial charge on any atom is -0.497 e. The van der Waals surface area contributed by atoms with Crippen LogP contribution < -0.4 is 14.8 Å². The van der Waals surface area contributed by atoms with Crippen molar-refractivity contribution in [1.82, 2.24) is 4.72 Å². The lowest BCUT2D eigenvalue weighted by Gasteiger charge is -2.11. The SMILES string of the molecule is COc1cccc(NC(=O)CNS(=O)(=O)c2ccc(C)cc2C)c1. The van der Waals surface area contributed by atoms with Gasteiger partial charge in [0, 0.05) is 11.8 Å². The summed E-state index contributed by atoms with van der Waals surface area (Å²) in [7, 11) is -2.22. The van der Waals surface area contributed by atoms with E-state index in [9.17, 15) is 13.2 Å². The number of anilines is 1. The number of sulfonamides is 1. The number of methoxy groups -OCH3 is 1. The van der Waals surface area contributed by atoms with Gasteiger partial charge in [0.05, 0.1) is 18.6 Å². The van der Waals surface area contributed by atoms with E-state index in [2.05, 4.69) is 10.0 Å². The Morgan fingerprint density at radius 2 is 1.88 bits per heavy atom. The van der Waals surface area contributed by atoms with Gasteiger partial charge in [-0.1, -0.05) is 23.8 Å². The van der Waals surface area contributed by atoms with Crippen molar-refractivity contribution in [3.8, 4) is 5.75 Å². The number of hydrogen-bond donors (Lipinski definition) is 2. The summed E-state index contributed by atoms with van der Waals surface area (Å²) in [5.74, 6) is 0.139. The highest BCUT2D eigenvalue weighted by molar-refractivity contribution is 7.89. The van der Waals surface area contributed by atoms with Crippen molar-refractivity contribution < 1.29 is 17.9 Å². The van der Waals surface area contributed by atoms with E-state index in [0.717, 1.165) is 5.56 Å². The maximum atomic E-state index is 12.3. The van der Waals surface area contributed by atoms with E-state index < -0.39 is 15.9 Å². The van der Waals surface area contributed by atoms with Crippen LogP contribution in [0.4, 0.5) is 5.69 Å². The molecule has 2 rings (SSSR count). The van der Waals surface area contributed by atoms with Crippen molar-refractivity contribution in [1.29, 1.82) is 0 Å². The first-order valence-corrected chi connectivity index (χ1v) is 8.81. The largest absolute Gasteiger partial charge is 0.497 e. The quantitative estimate of drug-likeness (QED) is 0.838. The molecule has 7 heteroatoms. The highest BCUT2D eigenvalue weighted by atomic mass is 32.2. The summed E-state index contributed by atoms with van der Waals surface area (Å²) in [5, 5.41) is 2.62.